The summed E-state index contributed by atoms with van der Waals surface area (Å²) in [6, 6.07) is 0. The van der Waals surface area contributed by atoms with E-state index in [4.69, 9.17) is 0 Å². The van der Waals surface area contributed by atoms with Crippen molar-refractivity contribution in [3.05, 3.63) is 0 Å². The number of hydrogen-bond acceptors (Lipinski definition) is 2. The van der Waals surface area contributed by atoms with E-state index < -0.39 is 0 Å². The van der Waals surface area contributed by atoms with Gasteiger partial charge in [0.25, 0.3) is 0 Å². The summed E-state index contributed by atoms with van der Waals surface area (Å²) in [5, 5.41) is 10.2. The summed E-state index contributed by atoms with van der Waals surface area (Å²) in [5.41, 5.74) is 0.441. The molecule has 18 heavy (non-hydrogen) atoms. The van der Waals surface area contributed by atoms with Crippen molar-refractivity contribution >= 4 is 0 Å². The molecule has 0 aromatic carbocycles. The van der Waals surface area contributed by atoms with Crippen LogP contribution >= 0.6 is 0 Å². The Morgan fingerprint density at radius 2 is 1.78 bits per heavy atom. The van der Waals surface area contributed by atoms with Gasteiger partial charge in [0.1, 0.15) is 0 Å². The molecule has 2 heteroatoms. The summed E-state index contributed by atoms with van der Waals surface area (Å²) in [5.74, 6) is 1.37. The van der Waals surface area contributed by atoms with Crippen LogP contribution in [0.4, 0.5) is 0 Å². The van der Waals surface area contributed by atoms with Crippen molar-refractivity contribution in [2.24, 2.45) is 17.3 Å². The minimum Gasteiger partial charge on any atom is -0.393 e. The zero-order chi connectivity index (χ0) is 13.2. The molecular weight excluding hydrogens is 222 g/mol. The Morgan fingerprint density at radius 3 is 2.44 bits per heavy atom. The molecule has 3 atom stereocenters. The van der Waals surface area contributed by atoms with Crippen molar-refractivity contribution in [2.75, 3.05) is 19.6 Å². The highest BCUT2D eigenvalue weighted by Gasteiger charge is 2.33. The first kappa shape index (κ1) is 14.3. The van der Waals surface area contributed by atoms with Gasteiger partial charge in [-0.1, -0.05) is 40.0 Å². The fourth-order valence-corrected chi connectivity index (χ4v) is 3.61. The topological polar surface area (TPSA) is 23.5 Å². The molecule has 2 fully saturated rings. The predicted octanol–water partition coefficient (Wildman–Crippen LogP) is 3.30. The predicted molar refractivity (Wildman–Crippen MR) is 76.6 cm³/mol. The fraction of sp³-hybridized carbons (Fsp3) is 1.00. The Hall–Kier alpha value is -0.0800. The number of aliphatic hydroxyl groups is 1. The highest BCUT2D eigenvalue weighted by Crippen LogP contribution is 2.34. The number of nitrogens with zero attached hydrogens (tertiary/aromatic N) is 1. The Bertz CT molecular complexity index is 258. The van der Waals surface area contributed by atoms with Crippen molar-refractivity contribution in [1.82, 2.24) is 4.90 Å². The van der Waals surface area contributed by atoms with E-state index in [0.29, 0.717) is 11.3 Å². The van der Waals surface area contributed by atoms with Gasteiger partial charge in [0, 0.05) is 13.1 Å². The Balaban J connectivity index is 1.83. The third-order valence-electron chi connectivity index (χ3n) is 5.11. The summed E-state index contributed by atoms with van der Waals surface area (Å²) in [4.78, 5) is 2.61. The zero-order valence-electron chi connectivity index (χ0n) is 12.5. The second kappa shape index (κ2) is 5.92. The van der Waals surface area contributed by atoms with Crippen LogP contribution in [0.3, 0.4) is 0 Å². The molecule has 0 amide bonds. The number of likely N-dealkylation sites (tertiary alicyclic amines) is 1. The lowest BCUT2D eigenvalue weighted by molar-refractivity contribution is 0.0766. The van der Waals surface area contributed by atoms with Gasteiger partial charge in [0.15, 0.2) is 0 Å². The van der Waals surface area contributed by atoms with Gasteiger partial charge in [-0.25, -0.2) is 0 Å². The molecule has 2 aliphatic rings. The summed E-state index contributed by atoms with van der Waals surface area (Å²) >= 11 is 0. The average molecular weight is 253 g/mol. The van der Waals surface area contributed by atoms with Crippen LogP contribution in [0.15, 0.2) is 0 Å². The standard InChI is InChI=1S/C16H31NO/c1-16(2,3)14-9-10-17(12-14)11-13-7-5-4-6-8-15(13)18/h13-15,18H,4-12H2,1-3H3. The first-order valence-electron chi connectivity index (χ1n) is 7.87. The molecule has 106 valence electrons. The monoisotopic (exact) mass is 253 g/mol. The Labute approximate surface area is 113 Å². The van der Waals surface area contributed by atoms with Crippen LogP contribution in [0.25, 0.3) is 0 Å². The molecule has 2 rings (SSSR count). The third kappa shape index (κ3) is 3.71. The molecule has 0 aromatic rings. The molecule has 0 bridgehead atoms. The van der Waals surface area contributed by atoms with E-state index in [-0.39, 0.29) is 6.10 Å². The second-order valence-electron chi connectivity index (χ2n) is 7.58. The van der Waals surface area contributed by atoms with Gasteiger partial charge in [-0.05, 0) is 43.1 Å². The van der Waals surface area contributed by atoms with Crippen molar-refractivity contribution < 1.29 is 5.11 Å². The van der Waals surface area contributed by atoms with Gasteiger partial charge < -0.3 is 10.0 Å². The molecule has 3 unspecified atom stereocenters. The summed E-state index contributed by atoms with van der Waals surface area (Å²) in [7, 11) is 0. The van der Waals surface area contributed by atoms with E-state index in [2.05, 4.69) is 25.7 Å². The van der Waals surface area contributed by atoms with E-state index in [0.717, 1.165) is 18.9 Å². The molecule has 1 saturated heterocycles. The first-order chi connectivity index (χ1) is 8.47. The van der Waals surface area contributed by atoms with Crippen LogP contribution in [0.1, 0.15) is 59.3 Å². The summed E-state index contributed by atoms with van der Waals surface area (Å²) in [6.07, 6.45) is 7.42. The molecule has 1 aliphatic heterocycles. The van der Waals surface area contributed by atoms with Crippen LogP contribution in [-0.2, 0) is 0 Å². The summed E-state index contributed by atoms with van der Waals surface area (Å²) < 4.78 is 0. The molecule has 1 heterocycles. The van der Waals surface area contributed by atoms with E-state index in [1.54, 1.807) is 0 Å². The van der Waals surface area contributed by atoms with Crippen LogP contribution in [0, 0.1) is 17.3 Å². The van der Waals surface area contributed by atoms with Crippen LogP contribution < -0.4 is 0 Å². The molecule has 2 nitrogen and oxygen atoms in total. The van der Waals surface area contributed by atoms with Crippen molar-refractivity contribution in [2.45, 2.75) is 65.4 Å². The van der Waals surface area contributed by atoms with Crippen molar-refractivity contribution in [3.8, 4) is 0 Å². The largest absolute Gasteiger partial charge is 0.393 e. The molecule has 0 aromatic heterocycles. The van der Waals surface area contributed by atoms with Gasteiger partial charge in [0.2, 0.25) is 0 Å². The number of aliphatic hydroxyl groups excluding tert-OH is 1. The maximum atomic E-state index is 10.2. The smallest absolute Gasteiger partial charge is 0.0580 e. The van der Waals surface area contributed by atoms with Crippen LogP contribution in [-0.4, -0.2) is 35.7 Å². The summed E-state index contributed by atoms with van der Waals surface area (Å²) in [6.45, 7) is 10.7. The molecule has 0 spiro atoms. The number of hydrogen-bond donors (Lipinski definition) is 1. The first-order valence-corrected chi connectivity index (χ1v) is 7.87. The fourth-order valence-electron chi connectivity index (χ4n) is 3.61. The lowest BCUT2D eigenvalue weighted by Gasteiger charge is -2.29. The average Bonchev–Trinajstić information content (AvgIpc) is 2.66. The van der Waals surface area contributed by atoms with E-state index in [1.165, 1.54) is 45.2 Å². The molecule has 1 N–H and O–H groups in total. The van der Waals surface area contributed by atoms with Crippen LogP contribution in [0.2, 0.25) is 0 Å². The van der Waals surface area contributed by atoms with Gasteiger partial charge in [-0.2, -0.15) is 0 Å². The van der Waals surface area contributed by atoms with Crippen LogP contribution in [0.5, 0.6) is 0 Å². The highest BCUT2D eigenvalue weighted by atomic mass is 16.3. The van der Waals surface area contributed by atoms with E-state index in [9.17, 15) is 5.11 Å². The Morgan fingerprint density at radius 1 is 1.06 bits per heavy atom. The maximum Gasteiger partial charge on any atom is 0.0580 e. The van der Waals surface area contributed by atoms with Crippen molar-refractivity contribution in [3.63, 3.8) is 0 Å². The SMILES string of the molecule is CC(C)(C)C1CCN(CC2CCCCCC2O)C1. The number of rotatable bonds is 2. The lowest BCUT2D eigenvalue weighted by atomic mass is 9.80. The third-order valence-corrected chi connectivity index (χ3v) is 5.11. The van der Waals surface area contributed by atoms with E-state index >= 15 is 0 Å². The minimum atomic E-state index is -0.0406. The molecule has 0 radical (unpaired) electrons. The molecule has 1 aliphatic carbocycles. The molecule has 1 saturated carbocycles. The van der Waals surface area contributed by atoms with Gasteiger partial charge in [-0.3, -0.25) is 0 Å². The maximum absolute atomic E-state index is 10.2. The quantitative estimate of drug-likeness (QED) is 0.763. The Kier molecular flexibility index (Phi) is 4.71. The second-order valence-corrected chi connectivity index (χ2v) is 7.58. The van der Waals surface area contributed by atoms with Crippen molar-refractivity contribution in [1.29, 1.82) is 0 Å². The van der Waals surface area contributed by atoms with Gasteiger partial charge in [0.05, 0.1) is 6.10 Å². The minimum absolute atomic E-state index is 0.0406. The highest BCUT2D eigenvalue weighted by molar-refractivity contribution is 4.86. The lowest BCUT2D eigenvalue weighted by Crippen LogP contribution is -2.34. The molecular formula is C16H31NO. The van der Waals surface area contributed by atoms with Gasteiger partial charge >= 0.3 is 0 Å². The van der Waals surface area contributed by atoms with E-state index in [1.807, 2.05) is 0 Å². The van der Waals surface area contributed by atoms with Gasteiger partial charge in [-0.15, -0.1) is 0 Å². The zero-order valence-corrected chi connectivity index (χ0v) is 12.5. The normalized spacial score (nSPS) is 35.7.